The fraction of sp³-hybridized carbons (Fsp3) is 0.556. The number of nitriles is 1. The molecule has 0 aromatic heterocycles. The SMILES string of the molecule is CC1CCCC(C)N1CCCC(=O)Nc1cccc(C#N)c1. The maximum atomic E-state index is 12.0. The molecule has 0 spiro atoms. The Labute approximate surface area is 133 Å². The third kappa shape index (κ3) is 4.57. The average Bonchev–Trinajstić information content (AvgIpc) is 2.50. The lowest BCUT2D eigenvalue weighted by molar-refractivity contribution is -0.116. The standard InChI is InChI=1S/C18H25N3O/c1-14-6-3-7-15(2)21(14)11-5-10-18(22)20-17-9-4-8-16(12-17)13-19/h4,8-9,12,14-15H,3,5-7,10-11H2,1-2H3,(H,20,22). The number of benzene rings is 1. The Balaban J connectivity index is 1.77. The van der Waals surface area contributed by atoms with E-state index in [1.54, 1.807) is 18.2 Å². The second-order valence-electron chi connectivity index (χ2n) is 6.21. The van der Waals surface area contributed by atoms with Crippen LogP contribution in [-0.2, 0) is 4.79 Å². The zero-order valence-corrected chi connectivity index (χ0v) is 13.5. The molecular weight excluding hydrogens is 274 g/mol. The molecule has 1 aliphatic heterocycles. The van der Waals surface area contributed by atoms with Crippen LogP contribution >= 0.6 is 0 Å². The van der Waals surface area contributed by atoms with Gasteiger partial charge in [-0.25, -0.2) is 0 Å². The molecule has 4 nitrogen and oxygen atoms in total. The highest BCUT2D eigenvalue weighted by Crippen LogP contribution is 2.22. The molecule has 1 N–H and O–H groups in total. The molecule has 2 atom stereocenters. The molecule has 1 heterocycles. The van der Waals surface area contributed by atoms with Crippen LogP contribution in [0.15, 0.2) is 24.3 Å². The summed E-state index contributed by atoms with van der Waals surface area (Å²) in [5.41, 5.74) is 1.26. The monoisotopic (exact) mass is 299 g/mol. The van der Waals surface area contributed by atoms with Crippen LogP contribution in [-0.4, -0.2) is 29.4 Å². The average molecular weight is 299 g/mol. The van der Waals surface area contributed by atoms with Crippen molar-refractivity contribution >= 4 is 11.6 Å². The Bertz CT molecular complexity index is 540. The molecule has 1 amide bonds. The minimum Gasteiger partial charge on any atom is -0.326 e. The summed E-state index contributed by atoms with van der Waals surface area (Å²) in [6.45, 7) is 5.54. The zero-order chi connectivity index (χ0) is 15.9. The van der Waals surface area contributed by atoms with Crippen molar-refractivity contribution in [3.8, 4) is 6.07 Å². The Morgan fingerprint density at radius 3 is 2.77 bits per heavy atom. The van der Waals surface area contributed by atoms with Crippen molar-refractivity contribution in [2.75, 3.05) is 11.9 Å². The molecule has 118 valence electrons. The number of nitrogens with zero attached hydrogens (tertiary/aromatic N) is 2. The van der Waals surface area contributed by atoms with E-state index < -0.39 is 0 Å². The summed E-state index contributed by atoms with van der Waals surface area (Å²) in [7, 11) is 0. The summed E-state index contributed by atoms with van der Waals surface area (Å²) in [4.78, 5) is 14.5. The largest absolute Gasteiger partial charge is 0.326 e. The highest BCUT2D eigenvalue weighted by atomic mass is 16.1. The highest BCUT2D eigenvalue weighted by Gasteiger charge is 2.23. The number of amides is 1. The van der Waals surface area contributed by atoms with Crippen molar-refractivity contribution in [1.82, 2.24) is 4.90 Å². The highest BCUT2D eigenvalue weighted by molar-refractivity contribution is 5.90. The van der Waals surface area contributed by atoms with E-state index in [0.29, 0.717) is 29.8 Å². The molecule has 1 aromatic carbocycles. The van der Waals surface area contributed by atoms with Crippen LogP contribution in [0.1, 0.15) is 51.5 Å². The molecule has 2 unspecified atom stereocenters. The van der Waals surface area contributed by atoms with Gasteiger partial charge in [-0.3, -0.25) is 9.69 Å². The van der Waals surface area contributed by atoms with Crippen LogP contribution in [0, 0.1) is 11.3 Å². The summed E-state index contributed by atoms with van der Waals surface area (Å²) in [6.07, 6.45) is 5.23. The first-order chi connectivity index (χ1) is 10.6. The third-order valence-electron chi connectivity index (χ3n) is 4.47. The van der Waals surface area contributed by atoms with E-state index in [1.165, 1.54) is 19.3 Å². The molecular formula is C18H25N3O. The van der Waals surface area contributed by atoms with E-state index in [4.69, 9.17) is 5.26 Å². The predicted molar refractivity (Wildman–Crippen MR) is 88.5 cm³/mol. The lowest BCUT2D eigenvalue weighted by atomic mass is 9.97. The van der Waals surface area contributed by atoms with E-state index in [1.807, 2.05) is 6.07 Å². The van der Waals surface area contributed by atoms with Gasteiger partial charge < -0.3 is 5.32 Å². The van der Waals surface area contributed by atoms with Gasteiger partial charge in [-0.2, -0.15) is 5.26 Å². The summed E-state index contributed by atoms with van der Waals surface area (Å²) in [6, 6.07) is 10.4. The van der Waals surface area contributed by atoms with E-state index in [9.17, 15) is 4.79 Å². The quantitative estimate of drug-likeness (QED) is 0.904. The van der Waals surface area contributed by atoms with Gasteiger partial charge in [-0.15, -0.1) is 0 Å². The number of likely N-dealkylation sites (tertiary alicyclic amines) is 1. The number of carbonyl (C=O) groups is 1. The molecule has 0 aliphatic carbocycles. The smallest absolute Gasteiger partial charge is 0.224 e. The minimum absolute atomic E-state index is 0.0207. The van der Waals surface area contributed by atoms with Crippen molar-refractivity contribution in [2.45, 2.75) is 58.0 Å². The molecule has 1 aromatic rings. The van der Waals surface area contributed by atoms with E-state index in [2.05, 4.69) is 30.1 Å². The first kappa shape index (κ1) is 16.5. The van der Waals surface area contributed by atoms with Gasteiger partial charge in [0.1, 0.15) is 0 Å². The number of rotatable bonds is 5. The van der Waals surface area contributed by atoms with Gasteiger partial charge in [-0.1, -0.05) is 12.5 Å². The molecule has 0 bridgehead atoms. The van der Waals surface area contributed by atoms with Crippen LogP contribution in [0.2, 0.25) is 0 Å². The second kappa shape index (κ2) is 7.95. The van der Waals surface area contributed by atoms with Gasteiger partial charge in [0, 0.05) is 24.2 Å². The van der Waals surface area contributed by atoms with Crippen molar-refractivity contribution in [2.24, 2.45) is 0 Å². The normalized spacial score (nSPS) is 22.0. The van der Waals surface area contributed by atoms with Gasteiger partial charge in [0.25, 0.3) is 0 Å². The van der Waals surface area contributed by atoms with Crippen molar-refractivity contribution < 1.29 is 4.79 Å². The maximum absolute atomic E-state index is 12.0. The van der Waals surface area contributed by atoms with E-state index in [0.717, 1.165) is 13.0 Å². The molecule has 0 radical (unpaired) electrons. The minimum atomic E-state index is 0.0207. The molecule has 1 fully saturated rings. The van der Waals surface area contributed by atoms with Gasteiger partial charge >= 0.3 is 0 Å². The summed E-state index contributed by atoms with van der Waals surface area (Å²) in [5.74, 6) is 0.0207. The second-order valence-corrected chi connectivity index (χ2v) is 6.21. The van der Waals surface area contributed by atoms with Crippen LogP contribution in [0.3, 0.4) is 0 Å². The van der Waals surface area contributed by atoms with Gasteiger partial charge in [0.2, 0.25) is 5.91 Å². The molecule has 4 heteroatoms. The van der Waals surface area contributed by atoms with Crippen molar-refractivity contribution in [3.63, 3.8) is 0 Å². The van der Waals surface area contributed by atoms with Gasteiger partial charge in [0.15, 0.2) is 0 Å². The maximum Gasteiger partial charge on any atom is 0.224 e. The van der Waals surface area contributed by atoms with Crippen LogP contribution < -0.4 is 5.32 Å². The Morgan fingerprint density at radius 1 is 1.36 bits per heavy atom. The Kier molecular flexibility index (Phi) is 5.97. The first-order valence-electron chi connectivity index (χ1n) is 8.16. The van der Waals surface area contributed by atoms with E-state index in [-0.39, 0.29) is 5.91 Å². The molecule has 1 aliphatic rings. The van der Waals surface area contributed by atoms with Gasteiger partial charge in [0.05, 0.1) is 11.6 Å². The molecule has 2 rings (SSSR count). The summed E-state index contributed by atoms with van der Waals surface area (Å²) < 4.78 is 0. The lowest BCUT2D eigenvalue weighted by Gasteiger charge is -2.39. The molecule has 22 heavy (non-hydrogen) atoms. The summed E-state index contributed by atoms with van der Waals surface area (Å²) >= 11 is 0. The lowest BCUT2D eigenvalue weighted by Crippen LogP contribution is -2.44. The number of carbonyl (C=O) groups excluding carboxylic acids is 1. The number of anilines is 1. The Morgan fingerprint density at radius 2 is 2.09 bits per heavy atom. The summed E-state index contributed by atoms with van der Waals surface area (Å²) in [5, 5.41) is 11.7. The number of hydrogen-bond acceptors (Lipinski definition) is 3. The predicted octanol–water partition coefficient (Wildman–Crippen LogP) is 3.54. The third-order valence-corrected chi connectivity index (χ3v) is 4.47. The fourth-order valence-electron chi connectivity index (χ4n) is 3.23. The first-order valence-corrected chi connectivity index (χ1v) is 8.16. The van der Waals surface area contributed by atoms with Crippen LogP contribution in [0.4, 0.5) is 5.69 Å². The number of nitrogens with one attached hydrogen (secondary N) is 1. The van der Waals surface area contributed by atoms with Gasteiger partial charge in [-0.05, 0) is 57.9 Å². The van der Waals surface area contributed by atoms with Crippen molar-refractivity contribution in [3.05, 3.63) is 29.8 Å². The molecule has 0 saturated carbocycles. The number of piperidine rings is 1. The van der Waals surface area contributed by atoms with Crippen LogP contribution in [0.25, 0.3) is 0 Å². The number of hydrogen-bond donors (Lipinski definition) is 1. The Hall–Kier alpha value is -1.86. The van der Waals surface area contributed by atoms with E-state index >= 15 is 0 Å². The fourth-order valence-corrected chi connectivity index (χ4v) is 3.23. The topological polar surface area (TPSA) is 56.1 Å². The molecule has 1 saturated heterocycles. The van der Waals surface area contributed by atoms with Crippen molar-refractivity contribution in [1.29, 1.82) is 5.26 Å². The van der Waals surface area contributed by atoms with Crippen LogP contribution in [0.5, 0.6) is 0 Å². The zero-order valence-electron chi connectivity index (χ0n) is 13.5.